The molecule has 3 heterocycles. The molecule has 0 unspecified atom stereocenters. The van der Waals surface area contributed by atoms with E-state index in [-0.39, 0.29) is 35.1 Å². The highest BCUT2D eigenvalue weighted by molar-refractivity contribution is 6.31. The van der Waals surface area contributed by atoms with Crippen molar-refractivity contribution in [3.63, 3.8) is 0 Å². The second-order valence-corrected chi connectivity index (χ2v) is 11.4. The summed E-state index contributed by atoms with van der Waals surface area (Å²) >= 11 is 12.3. The number of fused-ring (bicyclic) bond motifs is 2. The molecule has 11 nitrogen and oxygen atoms in total. The number of benzene rings is 2. The maximum Gasteiger partial charge on any atom is 0.305 e. The number of carbonyl (C=O) groups excluding carboxylic acids is 2. The second kappa shape index (κ2) is 14.5. The van der Waals surface area contributed by atoms with Crippen LogP contribution in [0, 0.1) is 0 Å². The van der Waals surface area contributed by atoms with E-state index >= 15 is 0 Å². The minimum atomic E-state index is -0.524. The van der Waals surface area contributed by atoms with E-state index in [9.17, 15) is 14.4 Å². The zero-order valence-corrected chi connectivity index (χ0v) is 25.7. The van der Waals surface area contributed by atoms with Gasteiger partial charge in [-0.05, 0) is 61.6 Å². The van der Waals surface area contributed by atoms with Crippen LogP contribution in [0.1, 0.15) is 56.6 Å². The predicted molar refractivity (Wildman–Crippen MR) is 168 cm³/mol. The Morgan fingerprint density at radius 3 is 2.73 bits per heavy atom. The SMILES string of the molecule is COC(=O)CCC[C@H]1Nc2cccc(c2)[C@@H](n2cnc(-c3cc(Cl)ccc3-n3cc(Cl)nn3)cc2=O)CCCCCNC1=O. The van der Waals surface area contributed by atoms with E-state index in [0.717, 1.165) is 30.5 Å². The maximum atomic E-state index is 13.7. The molecule has 1 aliphatic heterocycles. The number of nitrogens with zero attached hydrogens (tertiary/aromatic N) is 5. The highest BCUT2D eigenvalue weighted by Gasteiger charge is 2.22. The fourth-order valence-electron chi connectivity index (χ4n) is 5.36. The molecule has 0 radical (unpaired) electrons. The van der Waals surface area contributed by atoms with Gasteiger partial charge in [0.2, 0.25) is 5.91 Å². The number of ether oxygens (including phenoxy) is 1. The number of halogens is 2. The molecule has 2 atom stereocenters. The third kappa shape index (κ3) is 7.64. The standard InChI is InChI=1S/C31H33Cl2N7O4/c1-44-30(42)11-6-9-24-31(43)34-14-4-2-3-10-26(20-7-5-8-22(15-20)36-24)39-19-35-25(17-29(39)41)23-16-21(32)12-13-27(23)40-18-28(33)37-38-40/h5,7-8,12-13,15-19,24,26,36H,2-4,6,9-11,14H2,1H3,(H,34,43)/t24-,26+/m1/s1. The van der Waals surface area contributed by atoms with Gasteiger partial charge < -0.3 is 15.4 Å². The first-order valence-electron chi connectivity index (χ1n) is 14.5. The molecular formula is C31H33Cl2N7O4. The Labute approximate surface area is 264 Å². The van der Waals surface area contributed by atoms with Crippen LogP contribution in [-0.4, -0.2) is 56.1 Å². The molecule has 0 saturated carbocycles. The molecule has 230 valence electrons. The number of methoxy groups -OCH3 is 1. The number of esters is 1. The number of hydrogen-bond acceptors (Lipinski definition) is 8. The van der Waals surface area contributed by atoms with Crippen LogP contribution in [0.15, 0.2) is 65.8 Å². The topological polar surface area (TPSA) is 133 Å². The molecule has 0 fully saturated rings. The molecule has 1 aliphatic rings. The molecule has 4 aromatic rings. The third-order valence-corrected chi connectivity index (χ3v) is 8.01. The molecule has 0 aliphatic carbocycles. The molecule has 2 aromatic carbocycles. The molecule has 2 aromatic heterocycles. The average molecular weight is 639 g/mol. The first-order valence-corrected chi connectivity index (χ1v) is 15.3. The predicted octanol–water partition coefficient (Wildman–Crippen LogP) is 5.20. The second-order valence-electron chi connectivity index (χ2n) is 10.6. The van der Waals surface area contributed by atoms with Gasteiger partial charge in [0.15, 0.2) is 5.15 Å². The van der Waals surface area contributed by atoms with Crippen LogP contribution in [0.2, 0.25) is 10.2 Å². The summed E-state index contributed by atoms with van der Waals surface area (Å²) in [6.45, 7) is 0.547. The lowest BCUT2D eigenvalue weighted by molar-refractivity contribution is -0.140. The molecule has 13 heteroatoms. The van der Waals surface area contributed by atoms with Gasteiger partial charge in [0, 0.05) is 35.3 Å². The molecule has 44 heavy (non-hydrogen) atoms. The summed E-state index contributed by atoms with van der Waals surface area (Å²) in [5.74, 6) is -0.417. The largest absolute Gasteiger partial charge is 0.469 e. The number of anilines is 1. The van der Waals surface area contributed by atoms with Gasteiger partial charge in [-0.1, -0.05) is 53.4 Å². The normalized spacial score (nSPS) is 17.4. The van der Waals surface area contributed by atoms with Gasteiger partial charge in [-0.15, -0.1) is 5.10 Å². The van der Waals surface area contributed by atoms with E-state index in [1.807, 2.05) is 24.3 Å². The number of nitrogens with one attached hydrogen (secondary N) is 2. The average Bonchev–Trinajstić information content (AvgIpc) is 3.46. The van der Waals surface area contributed by atoms with E-state index in [1.165, 1.54) is 17.9 Å². The highest BCUT2D eigenvalue weighted by Crippen LogP contribution is 2.30. The smallest absolute Gasteiger partial charge is 0.305 e. The first-order chi connectivity index (χ1) is 21.3. The van der Waals surface area contributed by atoms with Crippen molar-refractivity contribution in [3.8, 4) is 16.9 Å². The fourth-order valence-corrected chi connectivity index (χ4v) is 5.66. The Balaban J connectivity index is 1.46. The van der Waals surface area contributed by atoms with Gasteiger partial charge >= 0.3 is 5.97 Å². The summed E-state index contributed by atoms with van der Waals surface area (Å²) in [5.41, 5.74) is 3.12. The van der Waals surface area contributed by atoms with Crippen molar-refractivity contribution in [1.29, 1.82) is 0 Å². The number of amides is 1. The zero-order chi connectivity index (χ0) is 31.1. The summed E-state index contributed by atoms with van der Waals surface area (Å²) in [4.78, 5) is 43.0. The van der Waals surface area contributed by atoms with Gasteiger partial charge in [-0.3, -0.25) is 19.0 Å². The van der Waals surface area contributed by atoms with E-state index in [4.69, 9.17) is 27.9 Å². The van der Waals surface area contributed by atoms with Crippen LogP contribution < -0.4 is 16.2 Å². The molecule has 2 bridgehead atoms. The Hall–Kier alpha value is -4.22. The van der Waals surface area contributed by atoms with Crippen LogP contribution in [0.3, 0.4) is 0 Å². The van der Waals surface area contributed by atoms with Gasteiger partial charge in [-0.2, -0.15) is 0 Å². The van der Waals surface area contributed by atoms with Crippen molar-refractivity contribution in [2.24, 2.45) is 0 Å². The molecule has 2 N–H and O–H groups in total. The molecule has 5 rings (SSSR count). The van der Waals surface area contributed by atoms with Crippen molar-refractivity contribution in [1.82, 2.24) is 29.9 Å². The van der Waals surface area contributed by atoms with E-state index in [2.05, 4.69) is 25.9 Å². The van der Waals surface area contributed by atoms with Gasteiger partial charge in [0.25, 0.3) is 5.56 Å². The van der Waals surface area contributed by atoms with Crippen molar-refractivity contribution in [2.75, 3.05) is 19.0 Å². The molecule has 1 amide bonds. The van der Waals surface area contributed by atoms with Gasteiger partial charge in [-0.25, -0.2) is 9.67 Å². The van der Waals surface area contributed by atoms with Crippen LogP contribution in [0.25, 0.3) is 16.9 Å². The number of aromatic nitrogens is 5. The molecular weight excluding hydrogens is 605 g/mol. The highest BCUT2D eigenvalue weighted by atomic mass is 35.5. The fraction of sp³-hybridized carbons (Fsp3) is 0.355. The quantitative estimate of drug-likeness (QED) is 0.264. The van der Waals surface area contributed by atoms with E-state index in [1.54, 1.807) is 35.3 Å². The minimum Gasteiger partial charge on any atom is -0.469 e. The third-order valence-electron chi connectivity index (χ3n) is 7.60. The van der Waals surface area contributed by atoms with Crippen molar-refractivity contribution < 1.29 is 14.3 Å². The summed E-state index contributed by atoms with van der Waals surface area (Å²) < 4.78 is 7.91. The monoisotopic (exact) mass is 637 g/mol. The summed E-state index contributed by atoms with van der Waals surface area (Å²) in [6.07, 6.45) is 7.58. The Morgan fingerprint density at radius 1 is 1.09 bits per heavy atom. The van der Waals surface area contributed by atoms with Crippen LogP contribution in [-0.2, 0) is 14.3 Å². The van der Waals surface area contributed by atoms with Crippen LogP contribution in [0.4, 0.5) is 5.69 Å². The van der Waals surface area contributed by atoms with Crippen molar-refractivity contribution in [3.05, 3.63) is 87.1 Å². The Bertz CT molecular complexity index is 1690. The van der Waals surface area contributed by atoms with Crippen molar-refractivity contribution >= 4 is 40.8 Å². The maximum absolute atomic E-state index is 13.7. The number of hydrogen-bond donors (Lipinski definition) is 2. The summed E-state index contributed by atoms with van der Waals surface area (Å²) in [6, 6.07) is 13.7. The summed E-state index contributed by atoms with van der Waals surface area (Å²) in [7, 11) is 1.35. The molecule has 0 spiro atoms. The van der Waals surface area contributed by atoms with E-state index in [0.29, 0.717) is 47.8 Å². The first kappa shape index (κ1) is 31.2. The summed E-state index contributed by atoms with van der Waals surface area (Å²) in [5, 5.41) is 15.0. The van der Waals surface area contributed by atoms with Crippen molar-refractivity contribution in [2.45, 2.75) is 57.0 Å². The van der Waals surface area contributed by atoms with E-state index < -0.39 is 6.04 Å². The number of rotatable bonds is 7. The van der Waals surface area contributed by atoms with Gasteiger partial charge in [0.05, 0.1) is 37.1 Å². The van der Waals surface area contributed by atoms with Crippen LogP contribution >= 0.6 is 23.2 Å². The van der Waals surface area contributed by atoms with Gasteiger partial charge in [0.1, 0.15) is 6.04 Å². The molecule has 0 saturated heterocycles. The lowest BCUT2D eigenvalue weighted by Crippen LogP contribution is -2.40. The lowest BCUT2D eigenvalue weighted by Gasteiger charge is -2.22. The number of carbonyl (C=O) groups is 2. The van der Waals surface area contributed by atoms with Crippen LogP contribution in [0.5, 0.6) is 0 Å². The lowest BCUT2D eigenvalue weighted by atomic mass is 9.99. The zero-order valence-electron chi connectivity index (χ0n) is 24.2. The minimum absolute atomic E-state index is 0.111. The Morgan fingerprint density at radius 2 is 1.95 bits per heavy atom. The Kier molecular flexibility index (Phi) is 10.3.